The van der Waals surface area contributed by atoms with E-state index in [0.29, 0.717) is 25.7 Å². The van der Waals surface area contributed by atoms with Crippen LogP contribution in [0.3, 0.4) is 0 Å². The van der Waals surface area contributed by atoms with Gasteiger partial charge in [-0.25, -0.2) is 0 Å². The molecule has 0 saturated carbocycles. The molecule has 130 valence electrons. The molecule has 4 heteroatoms. The van der Waals surface area contributed by atoms with Gasteiger partial charge in [-0.05, 0) is 35.1 Å². The number of hydrogen-bond donors (Lipinski definition) is 2. The van der Waals surface area contributed by atoms with Crippen LogP contribution in [0.5, 0.6) is 0 Å². The van der Waals surface area contributed by atoms with Crippen molar-refractivity contribution in [3.63, 3.8) is 0 Å². The molecule has 4 nitrogen and oxygen atoms in total. The van der Waals surface area contributed by atoms with E-state index in [1.807, 2.05) is 24.3 Å². The first-order valence-corrected chi connectivity index (χ1v) is 8.73. The third kappa shape index (κ3) is 3.04. The predicted octanol–water partition coefficient (Wildman–Crippen LogP) is 3.01. The van der Waals surface area contributed by atoms with Gasteiger partial charge in [0.05, 0.1) is 0 Å². The maximum absolute atomic E-state index is 11.9. The summed E-state index contributed by atoms with van der Waals surface area (Å²) in [7, 11) is 3.33. The number of amides is 2. The number of benzene rings is 2. The maximum Gasteiger partial charge on any atom is 0.219 e. The summed E-state index contributed by atoms with van der Waals surface area (Å²) in [6.07, 6.45) is 2.26. The summed E-state index contributed by atoms with van der Waals surface area (Å²) in [5.41, 5.74) is 4.58. The lowest BCUT2D eigenvalue weighted by molar-refractivity contribution is -0.121. The smallest absolute Gasteiger partial charge is 0.219 e. The van der Waals surface area contributed by atoms with Crippen LogP contribution in [-0.4, -0.2) is 25.9 Å². The van der Waals surface area contributed by atoms with Crippen molar-refractivity contribution in [2.75, 3.05) is 14.1 Å². The summed E-state index contributed by atoms with van der Waals surface area (Å²) in [5, 5.41) is 5.42. The molecule has 0 heterocycles. The Morgan fingerprint density at radius 2 is 1.16 bits per heavy atom. The summed E-state index contributed by atoms with van der Waals surface area (Å²) in [6, 6.07) is 16.7. The van der Waals surface area contributed by atoms with Gasteiger partial charge in [-0.2, -0.15) is 0 Å². The van der Waals surface area contributed by atoms with Crippen LogP contribution in [0.1, 0.15) is 36.8 Å². The molecule has 0 atom stereocenters. The van der Waals surface area contributed by atoms with Crippen molar-refractivity contribution in [1.82, 2.24) is 10.6 Å². The Morgan fingerprint density at radius 3 is 1.56 bits per heavy atom. The zero-order valence-electron chi connectivity index (χ0n) is 14.8. The second-order valence-corrected chi connectivity index (χ2v) is 6.52. The fraction of sp³-hybridized carbons (Fsp3) is 0.333. The highest BCUT2D eigenvalue weighted by molar-refractivity contribution is 5.83. The molecule has 0 spiro atoms. The van der Waals surface area contributed by atoms with Crippen molar-refractivity contribution >= 4 is 11.8 Å². The van der Waals surface area contributed by atoms with Crippen molar-refractivity contribution in [2.45, 2.75) is 31.1 Å². The van der Waals surface area contributed by atoms with Crippen molar-refractivity contribution < 1.29 is 9.59 Å². The van der Waals surface area contributed by atoms with Crippen molar-refractivity contribution in [1.29, 1.82) is 0 Å². The Labute approximate surface area is 148 Å². The van der Waals surface area contributed by atoms with Gasteiger partial charge < -0.3 is 10.6 Å². The molecule has 2 amide bonds. The average molecular weight is 336 g/mol. The lowest BCUT2D eigenvalue weighted by atomic mass is 9.71. The average Bonchev–Trinajstić information content (AvgIpc) is 2.95. The zero-order valence-corrected chi connectivity index (χ0v) is 14.8. The summed E-state index contributed by atoms with van der Waals surface area (Å²) in [6.45, 7) is 0. The van der Waals surface area contributed by atoms with E-state index in [2.05, 4.69) is 34.9 Å². The minimum absolute atomic E-state index is 0.0289. The summed E-state index contributed by atoms with van der Waals surface area (Å²) in [5.74, 6) is 0.0577. The fourth-order valence-electron chi connectivity index (χ4n) is 3.98. The van der Waals surface area contributed by atoms with Crippen LogP contribution in [0, 0.1) is 0 Å². The zero-order chi connectivity index (χ0) is 17.9. The lowest BCUT2D eigenvalue weighted by Crippen LogP contribution is -2.31. The highest BCUT2D eigenvalue weighted by Gasteiger charge is 2.42. The molecule has 25 heavy (non-hydrogen) atoms. The first-order chi connectivity index (χ1) is 12.1. The largest absolute Gasteiger partial charge is 0.359 e. The molecule has 2 aromatic carbocycles. The van der Waals surface area contributed by atoms with Gasteiger partial charge in [-0.3, -0.25) is 9.59 Å². The molecular weight excluding hydrogens is 312 g/mol. The minimum atomic E-state index is -0.299. The highest BCUT2D eigenvalue weighted by Crippen LogP contribution is 2.53. The molecule has 0 saturated heterocycles. The fourth-order valence-corrected chi connectivity index (χ4v) is 3.98. The summed E-state index contributed by atoms with van der Waals surface area (Å²) < 4.78 is 0. The number of hydrogen-bond acceptors (Lipinski definition) is 2. The number of carbonyl (C=O) groups is 2. The maximum atomic E-state index is 11.9. The normalized spacial score (nSPS) is 13.7. The standard InChI is InChI=1S/C21H24N2O2/c1-22-19(24)11-13-21(14-12-20(25)23-2)17-9-5-3-7-15(17)16-8-4-6-10-18(16)21/h3-10H,11-14H2,1-2H3,(H,22,24)(H,23,25). The summed E-state index contributed by atoms with van der Waals surface area (Å²) >= 11 is 0. The molecule has 1 aliphatic rings. The van der Waals surface area contributed by atoms with E-state index in [9.17, 15) is 9.59 Å². The van der Waals surface area contributed by atoms with Crippen LogP contribution in [0.4, 0.5) is 0 Å². The van der Waals surface area contributed by atoms with Crippen LogP contribution in [0.2, 0.25) is 0 Å². The first kappa shape index (κ1) is 17.2. The van der Waals surface area contributed by atoms with Gasteiger partial charge in [0.1, 0.15) is 0 Å². The van der Waals surface area contributed by atoms with E-state index in [1.54, 1.807) is 14.1 Å². The molecule has 0 unspecified atom stereocenters. The first-order valence-electron chi connectivity index (χ1n) is 8.73. The monoisotopic (exact) mass is 336 g/mol. The van der Waals surface area contributed by atoms with E-state index in [0.717, 1.165) is 0 Å². The number of fused-ring (bicyclic) bond motifs is 3. The molecular formula is C21H24N2O2. The topological polar surface area (TPSA) is 58.2 Å². The Morgan fingerprint density at radius 1 is 0.760 bits per heavy atom. The SMILES string of the molecule is CNC(=O)CCC1(CCC(=O)NC)c2ccccc2-c2ccccc21. The van der Waals surface area contributed by atoms with Crippen LogP contribution < -0.4 is 10.6 Å². The van der Waals surface area contributed by atoms with E-state index >= 15 is 0 Å². The van der Waals surface area contributed by atoms with Crippen LogP contribution in [-0.2, 0) is 15.0 Å². The number of carbonyl (C=O) groups excluding carboxylic acids is 2. The molecule has 0 radical (unpaired) electrons. The molecule has 0 bridgehead atoms. The third-order valence-electron chi connectivity index (χ3n) is 5.29. The van der Waals surface area contributed by atoms with Crippen LogP contribution in [0.15, 0.2) is 48.5 Å². The lowest BCUT2D eigenvalue weighted by Gasteiger charge is -2.32. The van der Waals surface area contributed by atoms with Gasteiger partial charge in [-0.15, -0.1) is 0 Å². The molecule has 0 aliphatic heterocycles. The Hall–Kier alpha value is -2.62. The molecule has 0 fully saturated rings. The highest BCUT2D eigenvalue weighted by atomic mass is 16.2. The van der Waals surface area contributed by atoms with Crippen LogP contribution in [0.25, 0.3) is 11.1 Å². The van der Waals surface area contributed by atoms with Gasteiger partial charge in [-0.1, -0.05) is 48.5 Å². The van der Waals surface area contributed by atoms with Gasteiger partial charge in [0.15, 0.2) is 0 Å². The van der Waals surface area contributed by atoms with Crippen molar-refractivity contribution in [3.05, 3.63) is 59.7 Å². The second-order valence-electron chi connectivity index (χ2n) is 6.52. The summed E-state index contributed by atoms with van der Waals surface area (Å²) in [4.78, 5) is 23.9. The van der Waals surface area contributed by atoms with Crippen LogP contribution >= 0.6 is 0 Å². The number of nitrogens with one attached hydrogen (secondary N) is 2. The predicted molar refractivity (Wildman–Crippen MR) is 99.3 cm³/mol. The molecule has 3 rings (SSSR count). The van der Waals surface area contributed by atoms with Crippen molar-refractivity contribution in [3.8, 4) is 11.1 Å². The quantitative estimate of drug-likeness (QED) is 0.852. The van der Waals surface area contributed by atoms with E-state index in [-0.39, 0.29) is 17.2 Å². The van der Waals surface area contributed by atoms with E-state index in [1.165, 1.54) is 22.3 Å². The Balaban J connectivity index is 2.08. The molecule has 2 N–H and O–H groups in total. The van der Waals surface area contributed by atoms with Gasteiger partial charge >= 0.3 is 0 Å². The molecule has 1 aliphatic carbocycles. The van der Waals surface area contributed by atoms with E-state index < -0.39 is 0 Å². The van der Waals surface area contributed by atoms with Gasteiger partial charge in [0.25, 0.3) is 0 Å². The third-order valence-corrected chi connectivity index (χ3v) is 5.29. The van der Waals surface area contributed by atoms with Crippen molar-refractivity contribution in [2.24, 2.45) is 0 Å². The minimum Gasteiger partial charge on any atom is -0.359 e. The van der Waals surface area contributed by atoms with Gasteiger partial charge in [0.2, 0.25) is 11.8 Å². The number of rotatable bonds is 6. The molecule has 2 aromatic rings. The van der Waals surface area contributed by atoms with E-state index in [4.69, 9.17) is 0 Å². The Kier molecular flexibility index (Phi) is 4.88. The Bertz CT molecular complexity index is 730. The second kappa shape index (κ2) is 7.09. The van der Waals surface area contributed by atoms with Gasteiger partial charge in [0, 0.05) is 32.4 Å². The molecule has 0 aromatic heterocycles.